The van der Waals surface area contributed by atoms with Gasteiger partial charge in [-0.05, 0) is 24.6 Å². The maximum atomic E-state index is 12.6. The molecule has 5 nitrogen and oxygen atoms in total. The minimum Gasteiger partial charge on any atom is -0.475 e. The van der Waals surface area contributed by atoms with Gasteiger partial charge in [0.25, 0.3) is 5.56 Å². The molecular formula is C15H11ClN2O3S. The number of thiophene rings is 1. The Morgan fingerprint density at radius 1 is 1.36 bits per heavy atom. The molecule has 2 aromatic heterocycles. The van der Waals surface area contributed by atoms with E-state index in [1.165, 1.54) is 15.9 Å². The minimum absolute atomic E-state index is 0.232. The van der Waals surface area contributed by atoms with Gasteiger partial charge in [-0.1, -0.05) is 23.7 Å². The number of hydrogen-bond donors (Lipinski definition) is 1. The van der Waals surface area contributed by atoms with E-state index in [9.17, 15) is 14.7 Å². The fraction of sp³-hybridized carbons (Fsp3) is 0.133. The monoisotopic (exact) mass is 334 g/mol. The van der Waals surface area contributed by atoms with E-state index in [2.05, 4.69) is 4.98 Å². The molecule has 0 spiro atoms. The topological polar surface area (TPSA) is 72.2 Å². The second kappa shape index (κ2) is 5.55. The predicted molar refractivity (Wildman–Crippen MR) is 87.0 cm³/mol. The van der Waals surface area contributed by atoms with E-state index in [1.807, 2.05) is 17.5 Å². The Morgan fingerprint density at radius 3 is 2.64 bits per heavy atom. The maximum absolute atomic E-state index is 12.6. The van der Waals surface area contributed by atoms with Crippen molar-refractivity contribution in [3.05, 3.63) is 50.8 Å². The first kappa shape index (κ1) is 14.7. The summed E-state index contributed by atoms with van der Waals surface area (Å²) < 4.78 is 1.18. The highest BCUT2D eigenvalue weighted by molar-refractivity contribution is 7.17. The van der Waals surface area contributed by atoms with Crippen LogP contribution in [0.25, 0.3) is 21.3 Å². The molecule has 0 saturated carbocycles. The summed E-state index contributed by atoms with van der Waals surface area (Å²) in [7, 11) is 0. The van der Waals surface area contributed by atoms with Crippen LogP contribution in [-0.2, 0) is 6.54 Å². The van der Waals surface area contributed by atoms with E-state index < -0.39 is 5.97 Å². The van der Waals surface area contributed by atoms with Gasteiger partial charge in [0.2, 0.25) is 5.82 Å². The van der Waals surface area contributed by atoms with Gasteiger partial charge in [-0.3, -0.25) is 9.36 Å². The highest BCUT2D eigenvalue weighted by Gasteiger charge is 2.19. The van der Waals surface area contributed by atoms with E-state index in [0.29, 0.717) is 15.2 Å². The van der Waals surface area contributed by atoms with Gasteiger partial charge >= 0.3 is 5.97 Å². The number of aromatic nitrogens is 2. The molecule has 112 valence electrons. The molecule has 0 fully saturated rings. The van der Waals surface area contributed by atoms with E-state index in [0.717, 1.165) is 11.1 Å². The standard InChI is InChI=1S/C15H11ClN2O3S/c1-2-18-12(15(20)21)17-13-11(14(18)19)10(7-22-13)8-3-5-9(16)6-4-8/h3-7H,2H2,1H3,(H,20,21). The first-order valence-electron chi connectivity index (χ1n) is 6.54. The van der Waals surface area contributed by atoms with Crippen molar-refractivity contribution in [2.75, 3.05) is 0 Å². The van der Waals surface area contributed by atoms with Crippen molar-refractivity contribution in [2.45, 2.75) is 13.5 Å². The molecule has 0 saturated heterocycles. The summed E-state index contributed by atoms with van der Waals surface area (Å²) in [6.45, 7) is 1.97. The number of aromatic carboxylic acids is 1. The summed E-state index contributed by atoms with van der Waals surface area (Å²) in [5, 5.41) is 12.1. The van der Waals surface area contributed by atoms with E-state index in [4.69, 9.17) is 11.6 Å². The Kier molecular flexibility index (Phi) is 3.72. The number of benzene rings is 1. The Hall–Kier alpha value is -2.18. The molecule has 0 amide bonds. The highest BCUT2D eigenvalue weighted by Crippen LogP contribution is 2.31. The third kappa shape index (κ3) is 2.30. The average molecular weight is 335 g/mol. The molecule has 3 aromatic rings. The molecule has 0 aliphatic heterocycles. The zero-order valence-electron chi connectivity index (χ0n) is 11.5. The molecule has 1 N–H and O–H groups in total. The van der Waals surface area contributed by atoms with Crippen molar-refractivity contribution in [3.8, 4) is 11.1 Å². The van der Waals surface area contributed by atoms with Gasteiger partial charge in [0, 0.05) is 22.5 Å². The summed E-state index contributed by atoms with van der Waals surface area (Å²) >= 11 is 7.14. The van der Waals surface area contributed by atoms with Crippen molar-refractivity contribution in [1.82, 2.24) is 9.55 Å². The molecule has 22 heavy (non-hydrogen) atoms. The van der Waals surface area contributed by atoms with Crippen LogP contribution in [0.3, 0.4) is 0 Å². The highest BCUT2D eigenvalue weighted by atomic mass is 35.5. The summed E-state index contributed by atoms with van der Waals surface area (Å²) in [5.41, 5.74) is 1.25. The van der Waals surface area contributed by atoms with Gasteiger partial charge in [0.15, 0.2) is 0 Å². The fourth-order valence-corrected chi connectivity index (χ4v) is 3.39. The molecule has 1 aromatic carbocycles. The molecule has 7 heteroatoms. The molecular weight excluding hydrogens is 324 g/mol. The summed E-state index contributed by atoms with van der Waals surface area (Å²) in [6.07, 6.45) is 0. The molecule has 0 aliphatic carbocycles. The van der Waals surface area contributed by atoms with Gasteiger partial charge in [0.1, 0.15) is 4.83 Å². The number of rotatable bonds is 3. The summed E-state index contributed by atoms with van der Waals surface area (Å²) in [6, 6.07) is 7.14. The molecule has 0 aliphatic rings. The average Bonchev–Trinajstić information content (AvgIpc) is 2.92. The Morgan fingerprint density at radius 2 is 2.05 bits per heavy atom. The number of hydrogen-bond acceptors (Lipinski definition) is 4. The quantitative estimate of drug-likeness (QED) is 0.795. The lowest BCUT2D eigenvalue weighted by Gasteiger charge is -2.07. The van der Waals surface area contributed by atoms with Crippen molar-refractivity contribution < 1.29 is 9.90 Å². The van der Waals surface area contributed by atoms with Gasteiger partial charge < -0.3 is 5.11 Å². The maximum Gasteiger partial charge on any atom is 0.372 e. The Bertz CT molecular complexity index is 928. The molecule has 0 bridgehead atoms. The third-order valence-corrected chi connectivity index (χ3v) is 4.48. The van der Waals surface area contributed by atoms with Crippen LogP contribution in [0, 0.1) is 0 Å². The van der Waals surface area contributed by atoms with Gasteiger partial charge in [-0.15, -0.1) is 11.3 Å². The van der Waals surface area contributed by atoms with Crippen LogP contribution in [0.15, 0.2) is 34.4 Å². The summed E-state index contributed by atoms with van der Waals surface area (Å²) in [5.74, 6) is -1.44. The molecule has 0 radical (unpaired) electrons. The van der Waals surface area contributed by atoms with Crippen LogP contribution in [0.1, 0.15) is 17.5 Å². The smallest absolute Gasteiger partial charge is 0.372 e. The largest absolute Gasteiger partial charge is 0.475 e. The minimum atomic E-state index is -1.21. The lowest BCUT2D eigenvalue weighted by atomic mass is 10.1. The fourth-order valence-electron chi connectivity index (χ4n) is 2.32. The predicted octanol–water partition coefficient (Wildman–Crippen LogP) is 3.50. The molecule has 0 atom stereocenters. The van der Waals surface area contributed by atoms with Gasteiger partial charge in [-0.2, -0.15) is 0 Å². The number of carboxylic acid groups (broad SMARTS) is 1. The molecule has 2 heterocycles. The first-order chi connectivity index (χ1) is 10.5. The molecule has 3 rings (SSSR count). The lowest BCUT2D eigenvalue weighted by Crippen LogP contribution is -2.26. The normalized spacial score (nSPS) is 11.0. The van der Waals surface area contributed by atoms with Crippen molar-refractivity contribution in [2.24, 2.45) is 0 Å². The number of carboxylic acids is 1. The SMILES string of the molecule is CCn1c(C(=O)O)nc2scc(-c3ccc(Cl)cc3)c2c1=O. The van der Waals surface area contributed by atoms with Crippen LogP contribution in [0.2, 0.25) is 5.02 Å². The van der Waals surface area contributed by atoms with Gasteiger partial charge in [0.05, 0.1) is 5.39 Å². The lowest BCUT2D eigenvalue weighted by molar-refractivity contribution is 0.0676. The number of carbonyl (C=O) groups is 1. The van der Waals surface area contributed by atoms with E-state index >= 15 is 0 Å². The van der Waals surface area contributed by atoms with Crippen LogP contribution in [-0.4, -0.2) is 20.6 Å². The van der Waals surface area contributed by atoms with Gasteiger partial charge in [-0.25, -0.2) is 9.78 Å². The molecule has 0 unspecified atom stereocenters. The number of nitrogens with zero attached hydrogens (tertiary/aromatic N) is 2. The van der Waals surface area contributed by atoms with Crippen LogP contribution >= 0.6 is 22.9 Å². The van der Waals surface area contributed by atoms with Crippen LogP contribution < -0.4 is 5.56 Å². The first-order valence-corrected chi connectivity index (χ1v) is 7.80. The zero-order valence-corrected chi connectivity index (χ0v) is 13.1. The van der Waals surface area contributed by atoms with Crippen molar-refractivity contribution in [1.29, 1.82) is 0 Å². The van der Waals surface area contributed by atoms with Crippen molar-refractivity contribution >= 4 is 39.1 Å². The Labute approximate surface area is 134 Å². The third-order valence-electron chi connectivity index (χ3n) is 3.36. The number of fused-ring (bicyclic) bond motifs is 1. The Balaban J connectivity index is 2.34. The second-order valence-corrected chi connectivity index (χ2v) is 5.92. The van der Waals surface area contributed by atoms with E-state index in [1.54, 1.807) is 19.1 Å². The van der Waals surface area contributed by atoms with E-state index in [-0.39, 0.29) is 17.9 Å². The summed E-state index contributed by atoms with van der Waals surface area (Å²) in [4.78, 5) is 28.5. The van der Waals surface area contributed by atoms with Crippen molar-refractivity contribution in [3.63, 3.8) is 0 Å². The van der Waals surface area contributed by atoms with Crippen LogP contribution in [0.5, 0.6) is 0 Å². The second-order valence-electron chi connectivity index (χ2n) is 4.63. The van der Waals surface area contributed by atoms with Crippen LogP contribution in [0.4, 0.5) is 0 Å². The zero-order chi connectivity index (χ0) is 15.9. The number of halogens is 1.